The number of carbonyl (C=O) groups is 2. The van der Waals surface area contributed by atoms with E-state index in [4.69, 9.17) is 5.73 Å². The standard InChI is InChI=1S/C15H12FNO2/c16-8-11-5-13(7-14(6-11)15(17)19)12-3-1-10(9-18)2-4-12/h1-7,9H,8H2,(H2,17,19). The second kappa shape index (κ2) is 5.44. The van der Waals surface area contributed by atoms with Gasteiger partial charge in [-0.15, -0.1) is 0 Å². The Balaban J connectivity index is 2.50. The van der Waals surface area contributed by atoms with Gasteiger partial charge in [0.1, 0.15) is 13.0 Å². The molecule has 3 nitrogen and oxygen atoms in total. The van der Waals surface area contributed by atoms with Crippen molar-refractivity contribution in [1.82, 2.24) is 0 Å². The van der Waals surface area contributed by atoms with Gasteiger partial charge in [0.15, 0.2) is 0 Å². The minimum atomic E-state index is -0.666. The van der Waals surface area contributed by atoms with Crippen LogP contribution >= 0.6 is 0 Å². The zero-order valence-corrected chi connectivity index (χ0v) is 10.1. The van der Waals surface area contributed by atoms with Crippen molar-refractivity contribution in [3.63, 3.8) is 0 Å². The Kier molecular flexibility index (Phi) is 3.71. The molecule has 0 aliphatic rings. The highest BCUT2D eigenvalue weighted by Gasteiger charge is 2.07. The maximum atomic E-state index is 12.8. The van der Waals surface area contributed by atoms with Crippen molar-refractivity contribution in [2.75, 3.05) is 0 Å². The van der Waals surface area contributed by atoms with Gasteiger partial charge in [0.25, 0.3) is 0 Å². The molecule has 0 aliphatic heterocycles. The van der Waals surface area contributed by atoms with Crippen LogP contribution in [0.3, 0.4) is 0 Å². The maximum absolute atomic E-state index is 12.8. The SMILES string of the molecule is NC(=O)c1cc(CF)cc(-c2ccc(C=O)cc2)c1. The molecule has 0 aliphatic carbocycles. The van der Waals surface area contributed by atoms with Crippen LogP contribution in [0.4, 0.5) is 4.39 Å². The zero-order chi connectivity index (χ0) is 13.8. The van der Waals surface area contributed by atoms with Crippen molar-refractivity contribution >= 4 is 12.2 Å². The molecule has 2 aromatic rings. The number of halogens is 1. The molecule has 4 heteroatoms. The number of benzene rings is 2. The molecule has 0 unspecified atom stereocenters. The van der Waals surface area contributed by atoms with Gasteiger partial charge < -0.3 is 5.73 Å². The first-order chi connectivity index (χ1) is 9.13. The van der Waals surface area contributed by atoms with Crippen molar-refractivity contribution < 1.29 is 14.0 Å². The Morgan fingerprint density at radius 3 is 2.32 bits per heavy atom. The Morgan fingerprint density at radius 1 is 1.11 bits per heavy atom. The van der Waals surface area contributed by atoms with Crippen molar-refractivity contribution in [1.29, 1.82) is 0 Å². The monoisotopic (exact) mass is 257 g/mol. The van der Waals surface area contributed by atoms with E-state index >= 15 is 0 Å². The van der Waals surface area contributed by atoms with E-state index in [0.717, 1.165) is 11.8 Å². The van der Waals surface area contributed by atoms with E-state index in [9.17, 15) is 14.0 Å². The van der Waals surface area contributed by atoms with Crippen LogP contribution in [0, 0.1) is 0 Å². The van der Waals surface area contributed by atoms with Crippen LogP contribution in [0.15, 0.2) is 42.5 Å². The largest absolute Gasteiger partial charge is 0.366 e. The third kappa shape index (κ3) is 2.85. The Labute approximate surface area is 109 Å². The number of alkyl halides is 1. The van der Waals surface area contributed by atoms with Gasteiger partial charge in [0, 0.05) is 11.1 Å². The summed E-state index contributed by atoms with van der Waals surface area (Å²) in [5.41, 5.74) is 7.93. The lowest BCUT2D eigenvalue weighted by molar-refractivity contribution is 0.0999. The average molecular weight is 257 g/mol. The van der Waals surface area contributed by atoms with Crippen LogP contribution in [0.2, 0.25) is 0 Å². The number of nitrogens with two attached hydrogens (primary N) is 1. The van der Waals surface area contributed by atoms with E-state index in [1.165, 1.54) is 6.07 Å². The first-order valence-corrected chi connectivity index (χ1v) is 5.69. The molecule has 19 heavy (non-hydrogen) atoms. The molecule has 1 amide bonds. The summed E-state index contributed by atoms with van der Waals surface area (Å²) in [5.74, 6) is -0.596. The van der Waals surface area contributed by atoms with E-state index in [0.29, 0.717) is 16.7 Å². The fraction of sp³-hybridized carbons (Fsp3) is 0.0667. The molecule has 2 N–H and O–H groups in total. The molecule has 2 aromatic carbocycles. The molecule has 96 valence electrons. The van der Waals surface area contributed by atoms with Gasteiger partial charge in [-0.25, -0.2) is 4.39 Å². The summed E-state index contributed by atoms with van der Waals surface area (Å²) < 4.78 is 12.8. The van der Waals surface area contributed by atoms with E-state index in [1.54, 1.807) is 36.4 Å². The lowest BCUT2D eigenvalue weighted by Gasteiger charge is -2.06. The second-order valence-electron chi connectivity index (χ2n) is 4.16. The molecular formula is C15H12FNO2. The minimum Gasteiger partial charge on any atom is -0.366 e. The van der Waals surface area contributed by atoms with Crippen molar-refractivity contribution in [2.24, 2.45) is 5.73 Å². The smallest absolute Gasteiger partial charge is 0.248 e. The predicted octanol–water partition coefficient (Wildman–Crippen LogP) is 2.73. The summed E-state index contributed by atoms with van der Waals surface area (Å²) in [4.78, 5) is 21.8. The van der Waals surface area contributed by atoms with Crippen LogP contribution in [-0.4, -0.2) is 12.2 Å². The zero-order valence-electron chi connectivity index (χ0n) is 10.1. The quantitative estimate of drug-likeness (QED) is 0.856. The predicted molar refractivity (Wildman–Crippen MR) is 70.6 cm³/mol. The molecule has 0 saturated carbocycles. The Hall–Kier alpha value is -2.49. The highest BCUT2D eigenvalue weighted by atomic mass is 19.1. The summed E-state index contributed by atoms with van der Waals surface area (Å²) in [6.45, 7) is -0.666. The van der Waals surface area contributed by atoms with Crippen LogP contribution < -0.4 is 5.73 Å². The van der Waals surface area contributed by atoms with E-state index in [2.05, 4.69) is 0 Å². The number of aldehydes is 1. The molecule has 0 spiro atoms. The molecule has 2 rings (SSSR count). The average Bonchev–Trinajstić information content (AvgIpc) is 2.46. The molecule has 0 radical (unpaired) electrons. The van der Waals surface area contributed by atoms with Crippen LogP contribution in [0.5, 0.6) is 0 Å². The second-order valence-corrected chi connectivity index (χ2v) is 4.16. The highest BCUT2D eigenvalue weighted by Crippen LogP contribution is 2.23. The number of hydrogen-bond acceptors (Lipinski definition) is 2. The van der Waals surface area contributed by atoms with Crippen LogP contribution in [-0.2, 0) is 6.67 Å². The lowest BCUT2D eigenvalue weighted by Crippen LogP contribution is -2.11. The fourth-order valence-corrected chi connectivity index (χ4v) is 1.83. The van der Waals surface area contributed by atoms with Gasteiger partial charge in [-0.2, -0.15) is 0 Å². The van der Waals surface area contributed by atoms with Gasteiger partial charge in [-0.05, 0) is 34.9 Å². The molecular weight excluding hydrogens is 245 g/mol. The molecule has 0 bridgehead atoms. The summed E-state index contributed by atoms with van der Waals surface area (Å²) >= 11 is 0. The van der Waals surface area contributed by atoms with Gasteiger partial charge in [-0.1, -0.05) is 24.3 Å². The van der Waals surface area contributed by atoms with Crippen molar-refractivity contribution in [3.8, 4) is 11.1 Å². The molecule has 0 heterocycles. The van der Waals surface area contributed by atoms with Gasteiger partial charge in [0.2, 0.25) is 5.91 Å². The Morgan fingerprint density at radius 2 is 1.79 bits per heavy atom. The maximum Gasteiger partial charge on any atom is 0.248 e. The third-order valence-electron chi connectivity index (χ3n) is 2.81. The van der Waals surface area contributed by atoms with Gasteiger partial charge >= 0.3 is 0 Å². The molecule has 0 aromatic heterocycles. The topological polar surface area (TPSA) is 60.2 Å². The third-order valence-corrected chi connectivity index (χ3v) is 2.81. The number of rotatable bonds is 4. The minimum absolute atomic E-state index is 0.268. The number of carbonyl (C=O) groups excluding carboxylic acids is 2. The lowest BCUT2D eigenvalue weighted by atomic mass is 9.99. The summed E-state index contributed by atoms with van der Waals surface area (Å²) in [7, 11) is 0. The summed E-state index contributed by atoms with van der Waals surface area (Å²) in [5, 5.41) is 0. The van der Waals surface area contributed by atoms with Gasteiger partial charge in [0.05, 0.1) is 0 Å². The molecule has 0 atom stereocenters. The number of primary amides is 1. The Bertz CT molecular complexity index is 621. The van der Waals surface area contributed by atoms with E-state index in [1.807, 2.05) is 0 Å². The highest BCUT2D eigenvalue weighted by molar-refractivity contribution is 5.94. The fourth-order valence-electron chi connectivity index (χ4n) is 1.83. The number of amides is 1. The molecule has 0 fully saturated rings. The normalized spacial score (nSPS) is 10.2. The van der Waals surface area contributed by atoms with Gasteiger partial charge in [-0.3, -0.25) is 9.59 Å². The van der Waals surface area contributed by atoms with E-state index < -0.39 is 12.6 Å². The number of hydrogen-bond donors (Lipinski definition) is 1. The van der Waals surface area contributed by atoms with Crippen molar-refractivity contribution in [2.45, 2.75) is 6.67 Å². The summed E-state index contributed by atoms with van der Waals surface area (Å²) in [6, 6.07) is 11.5. The first kappa shape index (κ1) is 13.0. The first-order valence-electron chi connectivity index (χ1n) is 5.69. The van der Waals surface area contributed by atoms with Crippen LogP contribution in [0.1, 0.15) is 26.3 Å². The van der Waals surface area contributed by atoms with Crippen LogP contribution in [0.25, 0.3) is 11.1 Å². The van der Waals surface area contributed by atoms with Crippen molar-refractivity contribution in [3.05, 3.63) is 59.2 Å². The van der Waals surface area contributed by atoms with E-state index in [-0.39, 0.29) is 5.56 Å². The molecule has 0 saturated heterocycles. The summed E-state index contributed by atoms with van der Waals surface area (Å²) in [6.07, 6.45) is 0.747.